The van der Waals surface area contributed by atoms with Gasteiger partial charge in [0.05, 0.1) is 24.9 Å². The highest BCUT2D eigenvalue weighted by atomic mass is 16.5. The summed E-state index contributed by atoms with van der Waals surface area (Å²) in [5, 5.41) is 3.66. The molecule has 0 spiro atoms. The minimum absolute atomic E-state index is 0.142. The van der Waals surface area contributed by atoms with E-state index in [0.29, 0.717) is 0 Å². The Morgan fingerprint density at radius 2 is 1.95 bits per heavy atom. The lowest BCUT2D eigenvalue weighted by molar-refractivity contribution is 0.153. The second-order valence-electron chi connectivity index (χ2n) is 5.49. The van der Waals surface area contributed by atoms with Crippen molar-refractivity contribution in [1.29, 1.82) is 0 Å². The Morgan fingerprint density at radius 1 is 1.09 bits per heavy atom. The fraction of sp³-hybridized carbons (Fsp3) is 0.316. The first-order chi connectivity index (χ1) is 10.9. The van der Waals surface area contributed by atoms with Gasteiger partial charge in [0.1, 0.15) is 0 Å². The van der Waals surface area contributed by atoms with E-state index in [1.54, 1.807) is 0 Å². The molecule has 0 radical (unpaired) electrons. The zero-order valence-electron chi connectivity index (χ0n) is 12.7. The summed E-state index contributed by atoms with van der Waals surface area (Å²) in [5.74, 6) is 0. The lowest BCUT2D eigenvalue weighted by Crippen LogP contribution is -2.25. The Morgan fingerprint density at radius 3 is 2.68 bits per heavy atom. The molecule has 0 saturated carbocycles. The van der Waals surface area contributed by atoms with E-state index in [1.807, 2.05) is 24.4 Å². The fourth-order valence-corrected chi connectivity index (χ4v) is 2.75. The average Bonchev–Trinajstić information content (AvgIpc) is 2.61. The minimum atomic E-state index is 0.142. The van der Waals surface area contributed by atoms with E-state index < -0.39 is 0 Å². The van der Waals surface area contributed by atoms with E-state index in [0.717, 1.165) is 38.3 Å². The summed E-state index contributed by atoms with van der Waals surface area (Å²) in [6.45, 7) is 2.56. The minimum Gasteiger partial charge on any atom is -0.377 e. The second kappa shape index (κ2) is 7.87. The van der Waals surface area contributed by atoms with E-state index in [2.05, 4.69) is 46.7 Å². The first-order valence-corrected chi connectivity index (χ1v) is 7.88. The van der Waals surface area contributed by atoms with Gasteiger partial charge in [-0.05, 0) is 37.1 Å². The molecule has 3 nitrogen and oxygen atoms in total. The summed E-state index contributed by atoms with van der Waals surface area (Å²) < 4.78 is 5.36. The lowest BCUT2D eigenvalue weighted by atomic mass is 10.0. The normalized spacial score (nSPS) is 16.1. The Balaban J connectivity index is 1.68. The van der Waals surface area contributed by atoms with E-state index in [9.17, 15) is 0 Å². The molecule has 0 aliphatic carbocycles. The molecule has 0 bridgehead atoms. The molecule has 114 valence electrons. The molecular formula is C19H22N2O. The maximum Gasteiger partial charge on any atom is 0.0751 e. The largest absolute Gasteiger partial charge is 0.377 e. The topological polar surface area (TPSA) is 34.2 Å². The maximum absolute atomic E-state index is 5.36. The summed E-state index contributed by atoms with van der Waals surface area (Å²) in [5.41, 5.74) is 3.81. The van der Waals surface area contributed by atoms with Crippen LogP contribution in [0.5, 0.6) is 0 Å². The quantitative estimate of drug-likeness (QED) is 0.828. The highest BCUT2D eigenvalue weighted by molar-refractivity contribution is 5.27. The van der Waals surface area contributed by atoms with Gasteiger partial charge in [-0.1, -0.05) is 48.0 Å². The predicted molar refractivity (Wildman–Crippen MR) is 88.7 cm³/mol. The number of hydrogen-bond acceptors (Lipinski definition) is 3. The molecule has 0 amide bonds. The molecule has 1 aliphatic rings. The SMILES string of the molecule is C1=C(CCN[C@H](c2ccccc2)c2ccccn2)CCOC1. The van der Waals surface area contributed by atoms with Crippen molar-refractivity contribution in [2.45, 2.75) is 18.9 Å². The van der Waals surface area contributed by atoms with Crippen LogP contribution >= 0.6 is 0 Å². The van der Waals surface area contributed by atoms with Crippen molar-refractivity contribution in [2.75, 3.05) is 19.8 Å². The number of pyridine rings is 1. The Hall–Kier alpha value is -1.97. The molecule has 0 unspecified atom stereocenters. The predicted octanol–water partition coefficient (Wildman–Crippen LogP) is 3.50. The van der Waals surface area contributed by atoms with Gasteiger partial charge in [0.15, 0.2) is 0 Å². The van der Waals surface area contributed by atoms with Crippen molar-refractivity contribution in [1.82, 2.24) is 10.3 Å². The number of benzene rings is 1. The number of ether oxygens (including phenoxy) is 1. The lowest BCUT2D eigenvalue weighted by Gasteiger charge is -2.20. The molecule has 1 aromatic heterocycles. The standard InChI is InChI=1S/C19H22N2O/c1-2-6-17(7-3-1)19(18-8-4-5-12-20-18)21-13-9-16-10-14-22-15-11-16/h1-8,10,12,19,21H,9,11,13-15H2/t19-/m1/s1. The smallest absolute Gasteiger partial charge is 0.0751 e. The van der Waals surface area contributed by atoms with Crippen LogP contribution < -0.4 is 5.32 Å². The highest BCUT2D eigenvalue weighted by Crippen LogP contribution is 2.20. The number of aromatic nitrogens is 1. The summed E-state index contributed by atoms with van der Waals surface area (Å²) in [6, 6.07) is 16.7. The first-order valence-electron chi connectivity index (χ1n) is 7.88. The Kier molecular flexibility index (Phi) is 5.35. The number of nitrogens with zero attached hydrogens (tertiary/aromatic N) is 1. The van der Waals surface area contributed by atoms with Gasteiger partial charge < -0.3 is 10.1 Å². The highest BCUT2D eigenvalue weighted by Gasteiger charge is 2.14. The van der Waals surface area contributed by atoms with Crippen LogP contribution in [-0.4, -0.2) is 24.7 Å². The van der Waals surface area contributed by atoms with Crippen LogP contribution in [0.25, 0.3) is 0 Å². The summed E-state index contributed by atoms with van der Waals surface area (Å²) in [7, 11) is 0. The van der Waals surface area contributed by atoms with Crippen LogP contribution in [0.15, 0.2) is 66.4 Å². The van der Waals surface area contributed by atoms with E-state index >= 15 is 0 Å². The monoisotopic (exact) mass is 294 g/mol. The van der Waals surface area contributed by atoms with Gasteiger partial charge >= 0.3 is 0 Å². The molecule has 3 rings (SSSR count). The average molecular weight is 294 g/mol. The zero-order valence-corrected chi connectivity index (χ0v) is 12.7. The molecular weight excluding hydrogens is 272 g/mol. The second-order valence-corrected chi connectivity index (χ2v) is 5.49. The number of hydrogen-bond donors (Lipinski definition) is 1. The Bertz CT molecular complexity index is 556. The van der Waals surface area contributed by atoms with Crippen molar-refractivity contribution < 1.29 is 4.74 Å². The van der Waals surface area contributed by atoms with Crippen molar-refractivity contribution in [3.8, 4) is 0 Å². The van der Waals surface area contributed by atoms with Gasteiger partial charge in [-0.2, -0.15) is 0 Å². The third-order valence-corrected chi connectivity index (χ3v) is 3.97. The summed E-state index contributed by atoms with van der Waals surface area (Å²) in [6.07, 6.45) is 6.19. The molecule has 0 saturated heterocycles. The number of rotatable bonds is 6. The summed E-state index contributed by atoms with van der Waals surface area (Å²) >= 11 is 0. The van der Waals surface area contributed by atoms with E-state index in [-0.39, 0.29) is 6.04 Å². The van der Waals surface area contributed by atoms with Crippen LogP contribution in [0.3, 0.4) is 0 Å². The molecule has 22 heavy (non-hydrogen) atoms. The van der Waals surface area contributed by atoms with Gasteiger partial charge in [-0.15, -0.1) is 0 Å². The van der Waals surface area contributed by atoms with Crippen LogP contribution in [0, 0.1) is 0 Å². The number of nitrogens with one attached hydrogen (secondary N) is 1. The summed E-state index contributed by atoms with van der Waals surface area (Å²) in [4.78, 5) is 4.52. The third kappa shape index (κ3) is 4.03. The molecule has 2 aromatic rings. The van der Waals surface area contributed by atoms with Crippen LogP contribution in [-0.2, 0) is 4.74 Å². The molecule has 1 atom stereocenters. The first kappa shape index (κ1) is 14.9. The molecule has 1 aromatic carbocycles. The van der Waals surface area contributed by atoms with Crippen molar-refractivity contribution >= 4 is 0 Å². The van der Waals surface area contributed by atoms with Gasteiger partial charge in [0.25, 0.3) is 0 Å². The van der Waals surface area contributed by atoms with Crippen LogP contribution in [0.4, 0.5) is 0 Å². The van der Waals surface area contributed by atoms with Gasteiger partial charge in [0.2, 0.25) is 0 Å². The maximum atomic E-state index is 5.36. The molecule has 1 aliphatic heterocycles. The van der Waals surface area contributed by atoms with Crippen molar-refractivity contribution in [3.63, 3.8) is 0 Å². The van der Waals surface area contributed by atoms with Gasteiger partial charge in [-0.3, -0.25) is 4.98 Å². The van der Waals surface area contributed by atoms with Crippen LogP contribution in [0.1, 0.15) is 30.1 Å². The molecule has 0 fully saturated rings. The fourth-order valence-electron chi connectivity index (χ4n) is 2.75. The molecule has 1 N–H and O–H groups in total. The Labute approximate surface area is 132 Å². The van der Waals surface area contributed by atoms with Gasteiger partial charge in [-0.25, -0.2) is 0 Å². The van der Waals surface area contributed by atoms with E-state index in [4.69, 9.17) is 4.74 Å². The van der Waals surface area contributed by atoms with Gasteiger partial charge in [0, 0.05) is 6.20 Å². The van der Waals surface area contributed by atoms with E-state index in [1.165, 1.54) is 11.1 Å². The third-order valence-electron chi connectivity index (χ3n) is 3.97. The molecule has 2 heterocycles. The van der Waals surface area contributed by atoms with Crippen LogP contribution in [0.2, 0.25) is 0 Å². The van der Waals surface area contributed by atoms with Crippen molar-refractivity contribution in [2.24, 2.45) is 0 Å². The molecule has 3 heteroatoms. The van der Waals surface area contributed by atoms with Crippen molar-refractivity contribution in [3.05, 3.63) is 77.6 Å². The zero-order chi connectivity index (χ0) is 15.0.